The smallest absolute Gasteiger partial charge is 0.193 e. The van der Waals surface area contributed by atoms with E-state index in [1.54, 1.807) is 19.2 Å². The van der Waals surface area contributed by atoms with E-state index in [9.17, 15) is 9.90 Å². The van der Waals surface area contributed by atoms with Crippen molar-refractivity contribution in [3.63, 3.8) is 0 Å². The molecule has 0 bridgehead atoms. The monoisotopic (exact) mass is 716 g/mol. The highest BCUT2D eigenvalue weighted by Gasteiger charge is 2.45. The SMILES string of the molecule is COCCCCCCCCCCOc1ccc(C(=O)c2ccc(Oc3ccc(C4(c5ccc(O)cc5)c5ccccc5-c5ccccc54)cc3)cc2)cc1. The zero-order valence-corrected chi connectivity index (χ0v) is 31.0. The second-order valence-corrected chi connectivity index (χ2v) is 14.1. The number of hydrogen-bond donors (Lipinski definition) is 1. The Morgan fingerprint density at radius 1 is 0.500 bits per heavy atom. The lowest BCUT2D eigenvalue weighted by atomic mass is 9.68. The number of phenols is 1. The van der Waals surface area contributed by atoms with Gasteiger partial charge < -0.3 is 19.3 Å². The number of rotatable bonds is 18. The number of hydrogen-bond acceptors (Lipinski definition) is 5. The van der Waals surface area contributed by atoms with Crippen LogP contribution in [0.4, 0.5) is 0 Å². The van der Waals surface area contributed by atoms with Gasteiger partial charge in [-0.15, -0.1) is 0 Å². The highest BCUT2D eigenvalue weighted by atomic mass is 16.5. The van der Waals surface area contributed by atoms with E-state index in [0.29, 0.717) is 29.2 Å². The fraction of sp³-hybridized carbons (Fsp3) is 0.245. The lowest BCUT2D eigenvalue weighted by Gasteiger charge is -2.34. The maximum Gasteiger partial charge on any atom is 0.193 e. The van der Waals surface area contributed by atoms with Crippen LogP contribution in [0.15, 0.2) is 146 Å². The number of methoxy groups -OCH3 is 1. The Morgan fingerprint density at radius 3 is 1.44 bits per heavy atom. The molecule has 54 heavy (non-hydrogen) atoms. The Morgan fingerprint density at radius 2 is 0.926 bits per heavy atom. The summed E-state index contributed by atoms with van der Waals surface area (Å²) in [6.45, 7) is 1.55. The van der Waals surface area contributed by atoms with Crippen LogP contribution in [0.1, 0.15) is 89.5 Å². The Labute approximate surface area is 319 Å². The van der Waals surface area contributed by atoms with Crippen molar-refractivity contribution in [2.45, 2.75) is 56.8 Å². The number of phenolic OH excluding ortho intramolecular Hbond substituents is 1. The molecule has 0 atom stereocenters. The van der Waals surface area contributed by atoms with Gasteiger partial charge in [-0.2, -0.15) is 0 Å². The number of benzene rings is 6. The molecule has 0 unspecified atom stereocenters. The van der Waals surface area contributed by atoms with Crippen LogP contribution in [0, 0.1) is 0 Å². The number of aromatic hydroxyl groups is 1. The first-order chi connectivity index (χ1) is 26.6. The first-order valence-corrected chi connectivity index (χ1v) is 19.2. The minimum atomic E-state index is -0.560. The fourth-order valence-corrected chi connectivity index (χ4v) is 7.79. The van der Waals surface area contributed by atoms with Crippen LogP contribution in [-0.2, 0) is 10.2 Å². The van der Waals surface area contributed by atoms with Gasteiger partial charge in [0.15, 0.2) is 5.78 Å². The van der Waals surface area contributed by atoms with Crippen LogP contribution in [0.3, 0.4) is 0 Å². The van der Waals surface area contributed by atoms with Gasteiger partial charge in [-0.3, -0.25) is 4.79 Å². The van der Waals surface area contributed by atoms with E-state index in [1.165, 1.54) is 60.8 Å². The summed E-state index contributed by atoms with van der Waals surface area (Å²) in [7, 11) is 1.76. The van der Waals surface area contributed by atoms with Gasteiger partial charge in [0, 0.05) is 24.8 Å². The number of ether oxygens (including phenoxy) is 3. The van der Waals surface area contributed by atoms with Crippen LogP contribution < -0.4 is 9.47 Å². The van der Waals surface area contributed by atoms with E-state index >= 15 is 0 Å². The molecule has 0 saturated carbocycles. The molecule has 6 aromatic rings. The summed E-state index contributed by atoms with van der Waals surface area (Å²) in [5.41, 5.74) is 7.66. The summed E-state index contributed by atoms with van der Waals surface area (Å²) in [5, 5.41) is 10.2. The fourth-order valence-electron chi connectivity index (χ4n) is 7.79. The molecule has 0 saturated heterocycles. The van der Waals surface area contributed by atoms with Crippen molar-refractivity contribution in [1.29, 1.82) is 0 Å². The van der Waals surface area contributed by atoms with E-state index in [0.717, 1.165) is 36.3 Å². The van der Waals surface area contributed by atoms with Crippen molar-refractivity contribution in [3.8, 4) is 34.1 Å². The molecule has 1 aliphatic carbocycles. The highest BCUT2D eigenvalue weighted by molar-refractivity contribution is 6.09. The molecule has 0 aromatic heterocycles. The molecule has 5 heteroatoms. The van der Waals surface area contributed by atoms with Crippen molar-refractivity contribution >= 4 is 5.78 Å². The van der Waals surface area contributed by atoms with E-state index in [1.807, 2.05) is 72.8 Å². The first-order valence-electron chi connectivity index (χ1n) is 19.2. The van der Waals surface area contributed by atoms with Crippen molar-refractivity contribution in [3.05, 3.63) is 179 Å². The summed E-state index contributed by atoms with van der Waals surface area (Å²) in [6, 6.07) is 47.6. The first kappa shape index (κ1) is 36.7. The van der Waals surface area contributed by atoms with Gasteiger partial charge in [0.25, 0.3) is 0 Å². The molecule has 5 nitrogen and oxygen atoms in total. The average molecular weight is 717 g/mol. The second kappa shape index (κ2) is 17.5. The molecular formula is C49H48O5. The molecule has 1 aliphatic rings. The van der Waals surface area contributed by atoms with Gasteiger partial charge in [-0.25, -0.2) is 0 Å². The van der Waals surface area contributed by atoms with Gasteiger partial charge in [0.1, 0.15) is 23.0 Å². The molecular weight excluding hydrogens is 669 g/mol. The standard InChI is InChI=1S/C49H48O5/c1-52-34-12-6-4-2-3-5-7-13-35-53-41-28-18-36(19-29-41)48(51)37-20-30-42(31-21-37)54-43-32-24-39(25-33-43)49(38-22-26-40(50)27-23-38)46-16-10-8-14-44(46)45-15-9-11-17-47(45)49/h8-11,14-33,50H,2-7,12-13,34-35H2,1H3. The van der Waals surface area contributed by atoms with Crippen LogP contribution in [0.25, 0.3) is 11.1 Å². The van der Waals surface area contributed by atoms with Crippen molar-refractivity contribution in [1.82, 2.24) is 0 Å². The number of ketones is 1. The van der Waals surface area contributed by atoms with Gasteiger partial charge in [0.05, 0.1) is 12.0 Å². The third kappa shape index (κ3) is 7.97. The third-order valence-corrected chi connectivity index (χ3v) is 10.5. The Bertz CT molecular complexity index is 2070. The molecule has 1 N–H and O–H groups in total. The maximum absolute atomic E-state index is 13.3. The van der Waals surface area contributed by atoms with E-state index in [2.05, 4.69) is 60.7 Å². The van der Waals surface area contributed by atoms with Crippen molar-refractivity contribution in [2.24, 2.45) is 0 Å². The summed E-state index contributed by atoms with van der Waals surface area (Å²) >= 11 is 0. The molecule has 0 spiro atoms. The quantitative estimate of drug-likeness (QED) is 0.0707. The predicted octanol–water partition coefficient (Wildman–Crippen LogP) is 11.9. The van der Waals surface area contributed by atoms with E-state index < -0.39 is 5.41 Å². The summed E-state index contributed by atoms with van der Waals surface area (Å²) in [6.07, 6.45) is 9.71. The zero-order valence-electron chi connectivity index (χ0n) is 31.0. The molecule has 7 rings (SSSR count). The van der Waals surface area contributed by atoms with E-state index in [-0.39, 0.29) is 11.5 Å². The zero-order chi connectivity index (χ0) is 37.2. The molecule has 0 fully saturated rings. The lowest BCUT2D eigenvalue weighted by molar-refractivity contribution is 0.103. The molecule has 0 aliphatic heterocycles. The lowest BCUT2D eigenvalue weighted by Crippen LogP contribution is -2.28. The summed E-state index contributed by atoms with van der Waals surface area (Å²) < 4.78 is 17.3. The van der Waals surface area contributed by atoms with Crippen molar-refractivity contribution in [2.75, 3.05) is 20.3 Å². The van der Waals surface area contributed by atoms with E-state index in [4.69, 9.17) is 14.2 Å². The minimum absolute atomic E-state index is 0.0451. The molecule has 0 amide bonds. The minimum Gasteiger partial charge on any atom is -0.508 e. The highest BCUT2D eigenvalue weighted by Crippen LogP contribution is 2.56. The number of carbonyl (C=O) groups excluding carboxylic acids is 1. The summed E-state index contributed by atoms with van der Waals surface area (Å²) in [4.78, 5) is 13.3. The van der Waals surface area contributed by atoms with Crippen LogP contribution in [0.2, 0.25) is 0 Å². The normalized spacial score (nSPS) is 12.5. The van der Waals surface area contributed by atoms with Gasteiger partial charge in [-0.1, -0.05) is 111 Å². The largest absolute Gasteiger partial charge is 0.508 e. The Kier molecular flexibility index (Phi) is 11.9. The second-order valence-electron chi connectivity index (χ2n) is 14.1. The van der Waals surface area contributed by atoms with Crippen LogP contribution >= 0.6 is 0 Å². The number of fused-ring (bicyclic) bond motifs is 3. The Hall–Kier alpha value is -5.65. The maximum atomic E-state index is 13.3. The number of carbonyl (C=O) groups is 1. The van der Waals surface area contributed by atoms with Crippen LogP contribution in [-0.4, -0.2) is 31.2 Å². The third-order valence-electron chi connectivity index (χ3n) is 10.5. The molecule has 6 aromatic carbocycles. The Balaban J connectivity index is 0.968. The van der Waals surface area contributed by atoms with Crippen molar-refractivity contribution < 1.29 is 24.1 Å². The van der Waals surface area contributed by atoms with Gasteiger partial charge >= 0.3 is 0 Å². The van der Waals surface area contributed by atoms with Gasteiger partial charge in [0.2, 0.25) is 0 Å². The van der Waals surface area contributed by atoms with Gasteiger partial charge in [-0.05, 0) is 119 Å². The molecule has 274 valence electrons. The average Bonchev–Trinajstić information content (AvgIpc) is 3.52. The molecule has 0 heterocycles. The topological polar surface area (TPSA) is 65.0 Å². The molecule has 0 radical (unpaired) electrons. The van der Waals surface area contributed by atoms with Crippen LogP contribution in [0.5, 0.6) is 23.0 Å². The summed E-state index contributed by atoms with van der Waals surface area (Å²) in [5.74, 6) is 2.32. The predicted molar refractivity (Wildman–Crippen MR) is 216 cm³/mol. The number of unbranched alkanes of at least 4 members (excludes halogenated alkanes) is 7.